The average Bonchev–Trinajstić information content (AvgIpc) is 3.91. The summed E-state index contributed by atoms with van der Waals surface area (Å²) < 4.78 is 52.9. The van der Waals surface area contributed by atoms with Gasteiger partial charge in [0.05, 0.1) is 23.5 Å². The van der Waals surface area contributed by atoms with E-state index < -0.39 is 30.2 Å². The molecule has 0 unspecified atom stereocenters. The maximum Gasteiger partial charge on any atom is 0.167 e. The van der Waals surface area contributed by atoms with Crippen molar-refractivity contribution in [1.82, 2.24) is 19.5 Å². The summed E-state index contributed by atoms with van der Waals surface area (Å²) in [6, 6.07) is 57.3. The molecular weight excluding hydrogens is 733 g/mol. The fourth-order valence-electron chi connectivity index (χ4n) is 8.59. The number of fused-ring (bicyclic) bond motifs is 7. The highest BCUT2D eigenvalue weighted by Crippen LogP contribution is 2.43. The van der Waals surface area contributed by atoms with Crippen molar-refractivity contribution in [3.05, 3.63) is 206 Å². The van der Waals surface area contributed by atoms with Gasteiger partial charge in [0.2, 0.25) is 0 Å². The highest BCUT2D eigenvalue weighted by molar-refractivity contribution is 6.15. The Kier molecular flexibility index (Phi) is 6.68. The standard InChI is InChI=1S/C55H34N4O/c1-3-15-35(16-4-1)36-29-31-38(32-30-36)42-24-14-25-45-47-33-40(59-49-27-11-9-22-43(49)44-23-10-12-28-50(44)59)34-48(52(47)60-51(42)45)55-57-53(39-18-5-2-6-19-39)56-54(58-55)46-26-13-20-37-17-7-8-21-41(37)46/h1-34H/i2D,5D,6D,18D,19D. The Morgan fingerprint density at radius 1 is 0.383 bits per heavy atom. The van der Waals surface area contributed by atoms with Crippen LogP contribution >= 0.6 is 0 Å². The lowest BCUT2D eigenvalue weighted by Gasteiger charge is -2.13. The van der Waals surface area contributed by atoms with Crippen molar-refractivity contribution in [2.24, 2.45) is 0 Å². The van der Waals surface area contributed by atoms with E-state index in [0.717, 1.165) is 71.3 Å². The third kappa shape index (κ3) is 5.52. The Bertz CT molecular complexity index is 3810. The molecule has 0 bridgehead atoms. The van der Waals surface area contributed by atoms with Crippen LogP contribution in [-0.4, -0.2) is 19.5 Å². The van der Waals surface area contributed by atoms with Gasteiger partial charge in [0.25, 0.3) is 0 Å². The van der Waals surface area contributed by atoms with Gasteiger partial charge >= 0.3 is 0 Å². The van der Waals surface area contributed by atoms with Gasteiger partial charge in [0.15, 0.2) is 17.5 Å². The second-order valence-corrected chi connectivity index (χ2v) is 14.8. The topological polar surface area (TPSA) is 56.7 Å². The third-order valence-electron chi connectivity index (χ3n) is 11.4. The molecule has 12 aromatic rings. The van der Waals surface area contributed by atoms with Crippen molar-refractivity contribution < 1.29 is 11.3 Å². The monoisotopic (exact) mass is 771 g/mol. The lowest BCUT2D eigenvalue weighted by molar-refractivity contribution is 0.670. The molecule has 0 saturated heterocycles. The molecule has 0 saturated carbocycles. The molecular formula is C55H34N4O. The minimum absolute atomic E-state index is 0.0549. The summed E-state index contributed by atoms with van der Waals surface area (Å²) in [6.07, 6.45) is 0. The Balaban J connectivity index is 1.18. The largest absolute Gasteiger partial charge is 0.455 e. The van der Waals surface area contributed by atoms with Crippen LogP contribution in [0.15, 0.2) is 211 Å². The van der Waals surface area contributed by atoms with E-state index in [1.165, 1.54) is 0 Å². The van der Waals surface area contributed by atoms with Crippen molar-refractivity contribution >= 4 is 54.5 Å². The summed E-state index contributed by atoms with van der Waals surface area (Å²) in [5.74, 6) is 0.435. The van der Waals surface area contributed by atoms with E-state index in [-0.39, 0.29) is 23.0 Å². The van der Waals surface area contributed by atoms with Crippen LogP contribution in [0.25, 0.3) is 117 Å². The number of furan rings is 1. The lowest BCUT2D eigenvalue weighted by Crippen LogP contribution is -2.02. The van der Waals surface area contributed by atoms with E-state index in [0.29, 0.717) is 22.3 Å². The molecule has 280 valence electrons. The van der Waals surface area contributed by atoms with E-state index in [2.05, 4.69) is 83.4 Å². The lowest BCUT2D eigenvalue weighted by atomic mass is 9.98. The fourth-order valence-corrected chi connectivity index (χ4v) is 8.59. The normalized spacial score (nSPS) is 12.8. The van der Waals surface area contributed by atoms with Gasteiger partial charge in [-0.1, -0.05) is 182 Å². The van der Waals surface area contributed by atoms with Crippen LogP contribution in [0.4, 0.5) is 0 Å². The maximum atomic E-state index is 9.01. The van der Waals surface area contributed by atoms with Crippen molar-refractivity contribution in [2.75, 3.05) is 0 Å². The number of benzene rings is 9. The first-order valence-corrected chi connectivity index (χ1v) is 19.8. The van der Waals surface area contributed by atoms with E-state index >= 15 is 0 Å². The summed E-state index contributed by atoms with van der Waals surface area (Å²) in [6.45, 7) is 0. The first-order valence-electron chi connectivity index (χ1n) is 22.3. The highest BCUT2D eigenvalue weighted by atomic mass is 16.3. The van der Waals surface area contributed by atoms with E-state index in [1.807, 2.05) is 97.1 Å². The van der Waals surface area contributed by atoms with Gasteiger partial charge < -0.3 is 8.98 Å². The molecule has 0 aliphatic carbocycles. The Morgan fingerprint density at radius 3 is 1.70 bits per heavy atom. The van der Waals surface area contributed by atoms with Gasteiger partial charge in [-0.25, -0.2) is 15.0 Å². The Labute approximate surface area is 352 Å². The first kappa shape index (κ1) is 29.1. The van der Waals surface area contributed by atoms with Crippen LogP contribution in [-0.2, 0) is 0 Å². The van der Waals surface area contributed by atoms with Crippen molar-refractivity contribution in [3.63, 3.8) is 0 Å². The number of hydrogen-bond donors (Lipinski definition) is 0. The second-order valence-electron chi connectivity index (χ2n) is 14.8. The zero-order valence-electron chi connectivity index (χ0n) is 36.9. The molecule has 9 aromatic carbocycles. The van der Waals surface area contributed by atoms with Gasteiger partial charge in [-0.15, -0.1) is 0 Å². The number of para-hydroxylation sites is 3. The minimum atomic E-state index is -0.499. The first-order chi connectivity index (χ1) is 31.8. The quantitative estimate of drug-likeness (QED) is 0.169. The molecule has 5 nitrogen and oxygen atoms in total. The number of hydrogen-bond acceptors (Lipinski definition) is 4. The van der Waals surface area contributed by atoms with E-state index in [4.69, 9.17) is 26.2 Å². The van der Waals surface area contributed by atoms with Gasteiger partial charge in [0.1, 0.15) is 11.2 Å². The van der Waals surface area contributed by atoms with Gasteiger partial charge in [-0.3, -0.25) is 0 Å². The van der Waals surface area contributed by atoms with Crippen molar-refractivity contribution in [3.8, 4) is 62.1 Å². The average molecular weight is 772 g/mol. The molecule has 0 amide bonds. The predicted octanol–water partition coefficient (Wildman–Crippen LogP) is 14.4. The predicted molar refractivity (Wildman–Crippen MR) is 246 cm³/mol. The number of aromatic nitrogens is 4. The zero-order chi connectivity index (χ0) is 43.9. The number of rotatable bonds is 6. The summed E-state index contributed by atoms with van der Waals surface area (Å²) in [5, 5.41) is 5.77. The van der Waals surface area contributed by atoms with Gasteiger partial charge in [-0.05, 0) is 51.7 Å². The zero-order valence-corrected chi connectivity index (χ0v) is 31.9. The van der Waals surface area contributed by atoms with Crippen molar-refractivity contribution in [2.45, 2.75) is 0 Å². The summed E-state index contributed by atoms with van der Waals surface area (Å²) in [7, 11) is 0. The second kappa shape index (κ2) is 13.8. The Morgan fingerprint density at radius 2 is 0.933 bits per heavy atom. The molecule has 0 atom stereocenters. The smallest absolute Gasteiger partial charge is 0.167 e. The van der Waals surface area contributed by atoms with Crippen LogP contribution in [0.3, 0.4) is 0 Å². The van der Waals surface area contributed by atoms with Crippen LogP contribution in [0, 0.1) is 0 Å². The van der Waals surface area contributed by atoms with Crippen LogP contribution in [0.5, 0.6) is 0 Å². The van der Waals surface area contributed by atoms with E-state index in [9.17, 15) is 0 Å². The molecule has 0 fully saturated rings. The van der Waals surface area contributed by atoms with Crippen LogP contribution in [0.1, 0.15) is 6.85 Å². The third-order valence-corrected chi connectivity index (χ3v) is 11.4. The van der Waals surface area contributed by atoms with Gasteiger partial charge in [-0.2, -0.15) is 0 Å². The van der Waals surface area contributed by atoms with Crippen molar-refractivity contribution in [1.29, 1.82) is 0 Å². The molecule has 12 rings (SSSR count). The molecule has 0 aliphatic heterocycles. The molecule has 3 aromatic heterocycles. The molecule has 0 radical (unpaired) electrons. The van der Waals surface area contributed by atoms with Crippen LogP contribution < -0.4 is 0 Å². The molecule has 0 aliphatic rings. The Hall–Kier alpha value is -8.15. The minimum Gasteiger partial charge on any atom is -0.455 e. The molecule has 60 heavy (non-hydrogen) atoms. The molecule has 0 spiro atoms. The number of nitrogens with zero attached hydrogens (tertiary/aromatic N) is 4. The fraction of sp³-hybridized carbons (Fsp3) is 0. The SMILES string of the molecule is [2H]c1c([2H])c([2H])c(-c2nc(-c3cccc4ccccc34)nc(-c3cc(-n4c5ccccc5c5ccccc54)cc4c3oc3c(-c5ccc(-c6ccccc6)cc5)cccc34)n2)c([2H])c1[2H]. The summed E-state index contributed by atoms with van der Waals surface area (Å²) >= 11 is 0. The maximum absolute atomic E-state index is 9.01. The molecule has 0 N–H and O–H groups in total. The molecule has 3 heterocycles. The summed E-state index contributed by atoms with van der Waals surface area (Å²) in [4.78, 5) is 15.2. The summed E-state index contributed by atoms with van der Waals surface area (Å²) in [5.41, 5.74) is 9.32. The van der Waals surface area contributed by atoms with E-state index in [1.54, 1.807) is 0 Å². The van der Waals surface area contributed by atoms with Crippen LogP contribution in [0.2, 0.25) is 0 Å². The molecule has 5 heteroatoms. The highest BCUT2D eigenvalue weighted by Gasteiger charge is 2.23. The van der Waals surface area contributed by atoms with Gasteiger partial charge in [0, 0.05) is 43.9 Å².